The molecule has 0 aromatic rings. The summed E-state index contributed by atoms with van der Waals surface area (Å²) in [5.74, 6) is 1.40. The van der Waals surface area contributed by atoms with E-state index in [-0.39, 0.29) is 0 Å². The molecule has 0 radical (unpaired) electrons. The molecule has 0 rings (SSSR count). The summed E-state index contributed by atoms with van der Waals surface area (Å²) in [7, 11) is 0. The Morgan fingerprint density at radius 2 is 1.85 bits per heavy atom. The van der Waals surface area contributed by atoms with Gasteiger partial charge in [-0.1, -0.05) is 39.8 Å². The molecule has 0 aliphatic rings. The summed E-state index contributed by atoms with van der Waals surface area (Å²) in [6.07, 6.45) is 2.40. The number of rotatable bonds is 7. The van der Waals surface area contributed by atoms with Crippen LogP contribution in [0.2, 0.25) is 0 Å². The summed E-state index contributed by atoms with van der Waals surface area (Å²) in [5.41, 5.74) is 1.38. The number of hydrogen-bond donors (Lipinski definition) is 1. The highest BCUT2D eigenvalue weighted by Crippen LogP contribution is 2.12. The fraction of sp³-hybridized carbons (Fsp3) is 0.833. The first-order chi connectivity index (χ1) is 6.04. The van der Waals surface area contributed by atoms with Gasteiger partial charge in [-0.25, -0.2) is 0 Å². The van der Waals surface area contributed by atoms with Gasteiger partial charge in [-0.05, 0) is 37.8 Å². The minimum absolute atomic E-state index is 0.644. The van der Waals surface area contributed by atoms with Gasteiger partial charge in [0.2, 0.25) is 0 Å². The van der Waals surface area contributed by atoms with Crippen LogP contribution in [-0.4, -0.2) is 13.1 Å². The topological polar surface area (TPSA) is 12.0 Å². The van der Waals surface area contributed by atoms with Crippen LogP contribution < -0.4 is 5.32 Å². The molecule has 0 saturated heterocycles. The van der Waals surface area contributed by atoms with Gasteiger partial charge in [-0.2, -0.15) is 0 Å². The van der Waals surface area contributed by atoms with Crippen LogP contribution in [0.4, 0.5) is 0 Å². The van der Waals surface area contributed by atoms with Gasteiger partial charge in [0.25, 0.3) is 0 Å². The lowest BCUT2D eigenvalue weighted by atomic mass is 10.0. The third kappa shape index (κ3) is 8.04. The van der Waals surface area contributed by atoms with Crippen molar-refractivity contribution in [2.45, 2.75) is 40.5 Å². The first-order valence-electron chi connectivity index (χ1n) is 5.42. The SMILES string of the molecule is C=C(CCCNCC(C)C)C(C)C. The summed E-state index contributed by atoms with van der Waals surface area (Å²) in [4.78, 5) is 0. The van der Waals surface area contributed by atoms with Gasteiger partial charge >= 0.3 is 0 Å². The predicted octanol–water partition coefficient (Wildman–Crippen LogP) is 3.22. The Labute approximate surface area is 83.6 Å². The molecule has 1 nitrogen and oxygen atoms in total. The summed E-state index contributed by atoms with van der Waals surface area (Å²) < 4.78 is 0. The van der Waals surface area contributed by atoms with Gasteiger partial charge in [0.1, 0.15) is 0 Å². The van der Waals surface area contributed by atoms with Crippen LogP contribution in [-0.2, 0) is 0 Å². The van der Waals surface area contributed by atoms with Crippen LogP contribution in [0, 0.1) is 11.8 Å². The number of allylic oxidation sites excluding steroid dienone is 1. The molecular weight excluding hydrogens is 158 g/mol. The van der Waals surface area contributed by atoms with Crippen LogP contribution in [0.15, 0.2) is 12.2 Å². The molecule has 0 unspecified atom stereocenters. The van der Waals surface area contributed by atoms with E-state index in [0.29, 0.717) is 5.92 Å². The van der Waals surface area contributed by atoms with Crippen molar-refractivity contribution in [3.8, 4) is 0 Å². The van der Waals surface area contributed by atoms with E-state index in [4.69, 9.17) is 0 Å². The Bertz CT molecular complexity index is 136. The molecule has 0 bridgehead atoms. The van der Waals surface area contributed by atoms with Crippen molar-refractivity contribution in [1.29, 1.82) is 0 Å². The first-order valence-corrected chi connectivity index (χ1v) is 5.42. The first kappa shape index (κ1) is 12.7. The molecule has 0 aromatic heterocycles. The fourth-order valence-electron chi connectivity index (χ4n) is 1.12. The van der Waals surface area contributed by atoms with Crippen molar-refractivity contribution >= 4 is 0 Å². The minimum atomic E-state index is 0.644. The highest BCUT2D eigenvalue weighted by Gasteiger charge is 1.99. The third-order valence-electron chi connectivity index (χ3n) is 2.22. The van der Waals surface area contributed by atoms with Gasteiger partial charge < -0.3 is 5.32 Å². The fourth-order valence-corrected chi connectivity index (χ4v) is 1.12. The normalized spacial score (nSPS) is 11.2. The zero-order valence-corrected chi connectivity index (χ0v) is 9.69. The molecule has 1 N–H and O–H groups in total. The van der Waals surface area contributed by atoms with E-state index in [1.54, 1.807) is 0 Å². The molecule has 0 aliphatic carbocycles. The maximum atomic E-state index is 4.06. The smallest absolute Gasteiger partial charge is 0.00258 e. The largest absolute Gasteiger partial charge is 0.316 e. The van der Waals surface area contributed by atoms with E-state index in [1.165, 1.54) is 18.4 Å². The average molecular weight is 183 g/mol. The highest BCUT2D eigenvalue weighted by molar-refractivity contribution is 4.96. The second-order valence-electron chi connectivity index (χ2n) is 4.51. The Morgan fingerprint density at radius 3 is 2.31 bits per heavy atom. The summed E-state index contributed by atoms with van der Waals surface area (Å²) in [6.45, 7) is 15.2. The lowest BCUT2D eigenvalue weighted by molar-refractivity contribution is 0.537. The maximum Gasteiger partial charge on any atom is -0.00258 e. The molecule has 0 aliphatic heterocycles. The van der Waals surface area contributed by atoms with Crippen molar-refractivity contribution in [1.82, 2.24) is 5.32 Å². The molecule has 0 atom stereocenters. The van der Waals surface area contributed by atoms with Gasteiger partial charge in [0.05, 0.1) is 0 Å². The highest BCUT2D eigenvalue weighted by atomic mass is 14.8. The summed E-state index contributed by atoms with van der Waals surface area (Å²) in [6, 6.07) is 0. The Balaban J connectivity index is 3.21. The van der Waals surface area contributed by atoms with E-state index in [0.717, 1.165) is 19.0 Å². The van der Waals surface area contributed by atoms with E-state index in [2.05, 4.69) is 39.6 Å². The molecule has 0 saturated carbocycles. The Hall–Kier alpha value is -0.300. The predicted molar refractivity (Wildman–Crippen MR) is 60.9 cm³/mol. The molecular formula is C12H25N. The van der Waals surface area contributed by atoms with Crippen molar-refractivity contribution in [2.24, 2.45) is 11.8 Å². The second-order valence-corrected chi connectivity index (χ2v) is 4.51. The summed E-state index contributed by atoms with van der Waals surface area (Å²) in [5, 5.41) is 3.44. The van der Waals surface area contributed by atoms with E-state index in [1.807, 2.05) is 0 Å². The van der Waals surface area contributed by atoms with Crippen molar-refractivity contribution in [2.75, 3.05) is 13.1 Å². The van der Waals surface area contributed by atoms with Gasteiger partial charge in [0.15, 0.2) is 0 Å². The molecule has 0 aromatic carbocycles. The minimum Gasteiger partial charge on any atom is -0.316 e. The Morgan fingerprint density at radius 1 is 1.23 bits per heavy atom. The van der Waals surface area contributed by atoms with Gasteiger partial charge in [-0.3, -0.25) is 0 Å². The van der Waals surface area contributed by atoms with Crippen LogP contribution >= 0.6 is 0 Å². The number of nitrogens with one attached hydrogen (secondary N) is 1. The molecule has 1 heteroatoms. The summed E-state index contributed by atoms with van der Waals surface area (Å²) >= 11 is 0. The molecule has 13 heavy (non-hydrogen) atoms. The van der Waals surface area contributed by atoms with E-state index >= 15 is 0 Å². The Kier molecular flexibility index (Phi) is 6.97. The van der Waals surface area contributed by atoms with Crippen LogP contribution in [0.5, 0.6) is 0 Å². The van der Waals surface area contributed by atoms with E-state index < -0.39 is 0 Å². The average Bonchev–Trinajstić information content (AvgIpc) is 2.02. The molecule has 0 fully saturated rings. The van der Waals surface area contributed by atoms with Crippen LogP contribution in [0.3, 0.4) is 0 Å². The van der Waals surface area contributed by atoms with Crippen LogP contribution in [0.1, 0.15) is 40.5 Å². The zero-order chi connectivity index (χ0) is 10.3. The second kappa shape index (κ2) is 7.14. The van der Waals surface area contributed by atoms with Crippen molar-refractivity contribution in [3.63, 3.8) is 0 Å². The van der Waals surface area contributed by atoms with Gasteiger partial charge in [-0.15, -0.1) is 0 Å². The molecule has 0 spiro atoms. The maximum absolute atomic E-state index is 4.06. The molecule has 0 amide bonds. The zero-order valence-electron chi connectivity index (χ0n) is 9.69. The van der Waals surface area contributed by atoms with Gasteiger partial charge in [0, 0.05) is 0 Å². The lowest BCUT2D eigenvalue weighted by Gasteiger charge is -2.10. The van der Waals surface area contributed by atoms with Crippen molar-refractivity contribution in [3.05, 3.63) is 12.2 Å². The number of hydrogen-bond acceptors (Lipinski definition) is 1. The van der Waals surface area contributed by atoms with E-state index in [9.17, 15) is 0 Å². The van der Waals surface area contributed by atoms with Crippen LogP contribution in [0.25, 0.3) is 0 Å². The monoisotopic (exact) mass is 183 g/mol. The van der Waals surface area contributed by atoms with Crippen molar-refractivity contribution < 1.29 is 0 Å². The molecule has 78 valence electrons. The third-order valence-corrected chi connectivity index (χ3v) is 2.22. The quantitative estimate of drug-likeness (QED) is 0.472. The standard InChI is InChI=1S/C12H25N/c1-10(2)9-13-8-6-7-12(5)11(3)4/h10-11,13H,5-9H2,1-4H3. The lowest BCUT2D eigenvalue weighted by Crippen LogP contribution is -2.20. The molecule has 0 heterocycles.